The highest BCUT2D eigenvalue weighted by atomic mass is 28.4. The predicted molar refractivity (Wildman–Crippen MR) is 106 cm³/mol. The molecule has 0 amide bonds. The van der Waals surface area contributed by atoms with Crippen LogP contribution in [0.1, 0.15) is 47.8 Å². The fourth-order valence-electron chi connectivity index (χ4n) is 4.48. The number of nitrogen functional groups attached to an aromatic ring is 1. The van der Waals surface area contributed by atoms with Gasteiger partial charge in [0.1, 0.15) is 24.1 Å². The van der Waals surface area contributed by atoms with E-state index in [2.05, 4.69) is 46.5 Å². The van der Waals surface area contributed by atoms with E-state index in [1.165, 1.54) is 16.8 Å². The van der Waals surface area contributed by atoms with Crippen molar-refractivity contribution >= 4 is 14.1 Å². The molecule has 9 heteroatoms. The number of aliphatic hydroxyl groups is 2. The van der Waals surface area contributed by atoms with E-state index in [0.29, 0.717) is 16.6 Å². The molecule has 0 aliphatic carbocycles. The highest BCUT2D eigenvalue weighted by molar-refractivity contribution is 6.77. The molecule has 0 saturated carbocycles. The SMILES string of the molecule is CC(C)[Si](O[C@@H]1[C@H](O)[C@@H](CO)O[C@H]1n1ccc(N)nc1=O)(C(C)C)C(C)C. The van der Waals surface area contributed by atoms with Gasteiger partial charge in [-0.2, -0.15) is 4.98 Å². The van der Waals surface area contributed by atoms with Gasteiger partial charge < -0.3 is 25.1 Å². The summed E-state index contributed by atoms with van der Waals surface area (Å²) in [5.41, 5.74) is 5.88. The quantitative estimate of drug-likeness (QED) is 0.596. The van der Waals surface area contributed by atoms with Crippen LogP contribution in [0, 0.1) is 0 Å². The summed E-state index contributed by atoms with van der Waals surface area (Å²) in [4.78, 5) is 16.1. The van der Waals surface area contributed by atoms with Crippen LogP contribution in [0.3, 0.4) is 0 Å². The molecule has 1 saturated heterocycles. The van der Waals surface area contributed by atoms with Gasteiger partial charge in [0.05, 0.1) is 6.61 Å². The smallest absolute Gasteiger partial charge is 0.351 e. The average Bonchev–Trinajstić information content (AvgIpc) is 2.87. The Hall–Kier alpha value is -1.26. The molecule has 0 aromatic carbocycles. The monoisotopic (exact) mass is 399 g/mol. The predicted octanol–water partition coefficient (Wildman–Crippen LogP) is 1.64. The van der Waals surface area contributed by atoms with Crippen molar-refractivity contribution in [2.45, 2.75) is 82.7 Å². The molecular formula is C18H33N3O5Si. The summed E-state index contributed by atoms with van der Waals surface area (Å²) in [6, 6.07) is 1.50. The van der Waals surface area contributed by atoms with E-state index < -0.39 is 38.5 Å². The third kappa shape index (κ3) is 3.97. The summed E-state index contributed by atoms with van der Waals surface area (Å²) in [5, 5.41) is 20.4. The van der Waals surface area contributed by atoms with E-state index in [9.17, 15) is 15.0 Å². The average molecular weight is 400 g/mol. The molecule has 4 N–H and O–H groups in total. The number of aromatic nitrogens is 2. The molecule has 2 rings (SSSR count). The lowest BCUT2D eigenvalue weighted by Gasteiger charge is -2.45. The van der Waals surface area contributed by atoms with Crippen LogP contribution in [-0.2, 0) is 9.16 Å². The number of rotatable bonds is 7. The van der Waals surface area contributed by atoms with Gasteiger partial charge in [-0.25, -0.2) is 4.79 Å². The minimum Gasteiger partial charge on any atom is -0.406 e. The number of aliphatic hydroxyl groups excluding tert-OH is 2. The maximum absolute atomic E-state index is 12.3. The van der Waals surface area contributed by atoms with Crippen LogP contribution >= 0.6 is 0 Å². The van der Waals surface area contributed by atoms with Crippen LogP contribution in [0.15, 0.2) is 17.1 Å². The number of nitrogens with two attached hydrogens (primary N) is 1. The molecule has 0 bridgehead atoms. The second-order valence-electron chi connectivity index (χ2n) is 8.18. The molecule has 1 aromatic heterocycles. The molecule has 1 fully saturated rings. The summed E-state index contributed by atoms with van der Waals surface area (Å²) in [6.07, 6.45) is -2.04. The molecule has 1 aliphatic heterocycles. The molecule has 8 nitrogen and oxygen atoms in total. The highest BCUT2D eigenvalue weighted by Gasteiger charge is 2.53. The molecule has 1 aliphatic rings. The summed E-state index contributed by atoms with van der Waals surface area (Å²) in [7, 11) is -2.36. The van der Waals surface area contributed by atoms with Crippen molar-refractivity contribution in [3.05, 3.63) is 22.7 Å². The van der Waals surface area contributed by atoms with E-state index in [1.54, 1.807) is 0 Å². The van der Waals surface area contributed by atoms with E-state index in [-0.39, 0.29) is 12.4 Å². The van der Waals surface area contributed by atoms with Gasteiger partial charge in [0.25, 0.3) is 0 Å². The first kappa shape index (κ1) is 22.0. The summed E-state index contributed by atoms with van der Waals surface area (Å²) in [5.74, 6) is 0.112. The largest absolute Gasteiger partial charge is 0.406 e. The molecule has 27 heavy (non-hydrogen) atoms. The topological polar surface area (TPSA) is 120 Å². The third-order valence-corrected chi connectivity index (χ3v) is 11.8. The zero-order chi connectivity index (χ0) is 20.5. The van der Waals surface area contributed by atoms with Crippen molar-refractivity contribution in [1.29, 1.82) is 0 Å². The number of hydrogen-bond acceptors (Lipinski definition) is 7. The van der Waals surface area contributed by atoms with Gasteiger partial charge in [0.2, 0.25) is 8.32 Å². The first-order valence-electron chi connectivity index (χ1n) is 9.53. The standard InChI is InChI=1S/C18H33N3O5Si/c1-10(2)27(11(3)4,12(5)6)26-16-15(23)13(9-22)25-17(16)21-8-7-14(19)20-18(21)24/h7-8,10-13,15-17,22-23H,9H2,1-6H3,(H2,19,20,24)/t13-,15-,16-,17-/m1/s1. The lowest BCUT2D eigenvalue weighted by atomic mass is 10.1. The fourth-order valence-corrected chi connectivity index (χ4v) is 10.0. The van der Waals surface area contributed by atoms with Crippen LogP contribution in [0.5, 0.6) is 0 Å². The van der Waals surface area contributed by atoms with E-state index in [1.807, 2.05) is 0 Å². The minimum absolute atomic E-state index is 0.112. The Morgan fingerprint density at radius 2 is 1.81 bits per heavy atom. The van der Waals surface area contributed by atoms with Gasteiger partial charge in [0, 0.05) is 6.20 Å². The van der Waals surface area contributed by atoms with Crippen molar-refractivity contribution in [2.75, 3.05) is 12.3 Å². The van der Waals surface area contributed by atoms with Crippen molar-refractivity contribution in [3.63, 3.8) is 0 Å². The Morgan fingerprint density at radius 3 is 2.26 bits per heavy atom. The second-order valence-corrected chi connectivity index (χ2v) is 13.6. The van der Waals surface area contributed by atoms with Crippen molar-refractivity contribution < 1.29 is 19.4 Å². The minimum atomic E-state index is -2.36. The lowest BCUT2D eigenvalue weighted by molar-refractivity contribution is -0.0537. The van der Waals surface area contributed by atoms with E-state index in [0.717, 1.165) is 0 Å². The highest BCUT2D eigenvalue weighted by Crippen LogP contribution is 2.46. The Morgan fingerprint density at radius 1 is 1.26 bits per heavy atom. The number of ether oxygens (including phenoxy) is 1. The Kier molecular flexibility index (Phi) is 6.85. The van der Waals surface area contributed by atoms with Crippen molar-refractivity contribution in [1.82, 2.24) is 9.55 Å². The molecule has 0 radical (unpaired) electrons. The van der Waals surface area contributed by atoms with Gasteiger partial charge in [-0.15, -0.1) is 0 Å². The second kappa shape index (κ2) is 8.40. The van der Waals surface area contributed by atoms with Gasteiger partial charge in [-0.3, -0.25) is 4.57 Å². The third-order valence-electron chi connectivity index (χ3n) is 5.67. The van der Waals surface area contributed by atoms with E-state index >= 15 is 0 Å². The zero-order valence-corrected chi connectivity index (χ0v) is 18.0. The summed E-state index contributed by atoms with van der Waals surface area (Å²) in [6.45, 7) is 12.5. The van der Waals surface area contributed by atoms with Crippen molar-refractivity contribution in [3.8, 4) is 0 Å². The molecule has 1 aromatic rings. The van der Waals surface area contributed by atoms with Crippen LogP contribution < -0.4 is 11.4 Å². The van der Waals surface area contributed by atoms with Crippen LogP contribution in [0.25, 0.3) is 0 Å². The lowest BCUT2D eigenvalue weighted by Crippen LogP contribution is -2.54. The summed E-state index contributed by atoms with van der Waals surface area (Å²) < 4.78 is 13.8. The fraction of sp³-hybridized carbons (Fsp3) is 0.778. The molecule has 4 atom stereocenters. The number of hydrogen-bond donors (Lipinski definition) is 3. The first-order chi connectivity index (χ1) is 12.6. The van der Waals surface area contributed by atoms with Crippen molar-refractivity contribution in [2.24, 2.45) is 0 Å². The Balaban J connectivity index is 2.50. The number of nitrogens with zero attached hydrogens (tertiary/aromatic N) is 2. The Labute approximate surface area is 161 Å². The maximum atomic E-state index is 12.3. The molecule has 2 heterocycles. The first-order valence-corrected chi connectivity index (χ1v) is 11.7. The molecule has 0 spiro atoms. The van der Waals surface area contributed by atoms with Gasteiger partial charge in [0.15, 0.2) is 6.23 Å². The number of anilines is 1. The normalized spacial score (nSPS) is 26.5. The molecular weight excluding hydrogens is 366 g/mol. The van der Waals surface area contributed by atoms with Crippen LogP contribution in [0.4, 0.5) is 5.82 Å². The van der Waals surface area contributed by atoms with Crippen LogP contribution in [0.2, 0.25) is 16.6 Å². The van der Waals surface area contributed by atoms with Gasteiger partial charge in [-0.05, 0) is 22.7 Å². The molecule has 0 unspecified atom stereocenters. The Bertz CT molecular complexity index is 672. The van der Waals surface area contributed by atoms with Gasteiger partial charge in [-0.1, -0.05) is 41.5 Å². The van der Waals surface area contributed by atoms with E-state index in [4.69, 9.17) is 14.9 Å². The van der Waals surface area contributed by atoms with Gasteiger partial charge >= 0.3 is 5.69 Å². The molecule has 154 valence electrons. The maximum Gasteiger partial charge on any atom is 0.351 e. The summed E-state index contributed by atoms with van der Waals surface area (Å²) >= 11 is 0. The zero-order valence-electron chi connectivity index (χ0n) is 17.0. The van der Waals surface area contributed by atoms with Crippen LogP contribution in [-0.4, -0.2) is 53.0 Å².